The van der Waals surface area contributed by atoms with Crippen molar-refractivity contribution < 1.29 is 17.6 Å². The van der Waals surface area contributed by atoms with Gasteiger partial charge in [-0.25, -0.2) is 13.2 Å². The van der Waals surface area contributed by atoms with Gasteiger partial charge in [-0.2, -0.15) is 0 Å². The highest BCUT2D eigenvalue weighted by molar-refractivity contribution is 5.45. The summed E-state index contributed by atoms with van der Waals surface area (Å²) in [5, 5.41) is 2.90. The maximum atomic E-state index is 13.1. The zero-order valence-corrected chi connectivity index (χ0v) is 9.71. The number of rotatable bonds is 4. The van der Waals surface area contributed by atoms with Crippen molar-refractivity contribution in [2.75, 3.05) is 5.32 Å². The molecule has 0 fully saturated rings. The lowest BCUT2D eigenvalue weighted by atomic mass is 10.1. The first-order valence-corrected chi connectivity index (χ1v) is 5.56. The van der Waals surface area contributed by atoms with E-state index in [4.69, 9.17) is 4.42 Å². The summed E-state index contributed by atoms with van der Waals surface area (Å²) < 4.78 is 44.1. The van der Waals surface area contributed by atoms with E-state index in [2.05, 4.69) is 5.32 Å². The van der Waals surface area contributed by atoms with Crippen LogP contribution in [0.1, 0.15) is 25.1 Å². The molecule has 0 spiro atoms. The van der Waals surface area contributed by atoms with Crippen LogP contribution >= 0.6 is 0 Å². The molecule has 1 atom stereocenters. The molecule has 2 aromatic rings. The Bertz CT molecular complexity index is 502. The van der Waals surface area contributed by atoms with E-state index in [1.807, 2.05) is 6.92 Å². The number of anilines is 1. The Labute approximate surface area is 102 Å². The third-order valence-corrected chi connectivity index (χ3v) is 2.62. The van der Waals surface area contributed by atoms with Crippen molar-refractivity contribution in [1.29, 1.82) is 0 Å². The minimum absolute atomic E-state index is 0.176. The van der Waals surface area contributed by atoms with E-state index in [1.54, 1.807) is 12.1 Å². The second kappa shape index (κ2) is 5.16. The van der Waals surface area contributed by atoms with Gasteiger partial charge in [0, 0.05) is 17.8 Å². The first-order valence-electron chi connectivity index (χ1n) is 5.56. The summed E-state index contributed by atoms with van der Waals surface area (Å²) in [6.45, 7) is 1.90. The zero-order valence-electron chi connectivity index (χ0n) is 9.71. The van der Waals surface area contributed by atoms with Crippen LogP contribution < -0.4 is 5.32 Å². The highest BCUT2D eigenvalue weighted by Crippen LogP contribution is 2.25. The predicted octanol–water partition coefficient (Wildman–Crippen LogP) is 4.26. The highest BCUT2D eigenvalue weighted by atomic mass is 19.2. The van der Waals surface area contributed by atoms with Gasteiger partial charge in [0.25, 0.3) is 0 Å². The lowest BCUT2D eigenvalue weighted by Gasteiger charge is -2.16. The number of halogens is 3. The van der Waals surface area contributed by atoms with Gasteiger partial charge >= 0.3 is 0 Å². The summed E-state index contributed by atoms with van der Waals surface area (Å²) >= 11 is 0. The van der Waals surface area contributed by atoms with Gasteiger partial charge in [-0.3, -0.25) is 0 Å². The van der Waals surface area contributed by atoms with Gasteiger partial charge in [0.2, 0.25) is 0 Å². The van der Waals surface area contributed by atoms with Gasteiger partial charge in [0.05, 0.1) is 12.3 Å². The maximum absolute atomic E-state index is 13.1. The van der Waals surface area contributed by atoms with Crippen molar-refractivity contribution in [1.82, 2.24) is 0 Å². The van der Waals surface area contributed by atoms with E-state index in [-0.39, 0.29) is 11.7 Å². The highest BCUT2D eigenvalue weighted by Gasteiger charge is 2.15. The first-order chi connectivity index (χ1) is 8.61. The number of furan rings is 1. The molecule has 0 bridgehead atoms. The molecule has 2 rings (SSSR count). The van der Waals surface area contributed by atoms with Crippen LogP contribution in [-0.2, 0) is 0 Å². The second-order valence-electron chi connectivity index (χ2n) is 3.87. The number of benzene rings is 1. The molecule has 0 saturated carbocycles. The summed E-state index contributed by atoms with van der Waals surface area (Å²) in [6.07, 6.45) is 2.18. The average molecular weight is 255 g/mol. The molecule has 5 heteroatoms. The molecule has 2 nitrogen and oxygen atoms in total. The quantitative estimate of drug-likeness (QED) is 0.826. The Morgan fingerprint density at radius 3 is 2.39 bits per heavy atom. The lowest BCUT2D eigenvalue weighted by molar-refractivity contribution is 0.446. The van der Waals surface area contributed by atoms with Gasteiger partial charge in [-0.15, -0.1) is 0 Å². The van der Waals surface area contributed by atoms with E-state index < -0.39 is 17.5 Å². The largest absolute Gasteiger partial charge is 0.467 e. The molecule has 18 heavy (non-hydrogen) atoms. The van der Waals surface area contributed by atoms with Gasteiger partial charge in [-0.1, -0.05) is 6.92 Å². The Balaban J connectivity index is 2.23. The van der Waals surface area contributed by atoms with Crippen LogP contribution in [-0.4, -0.2) is 0 Å². The molecule has 1 heterocycles. The van der Waals surface area contributed by atoms with Gasteiger partial charge in [-0.05, 0) is 18.6 Å². The fourth-order valence-electron chi connectivity index (χ4n) is 1.70. The van der Waals surface area contributed by atoms with Gasteiger partial charge in [0.1, 0.15) is 5.76 Å². The van der Waals surface area contributed by atoms with Crippen LogP contribution in [0.2, 0.25) is 0 Å². The Kier molecular flexibility index (Phi) is 3.60. The van der Waals surface area contributed by atoms with Crippen molar-refractivity contribution >= 4 is 5.69 Å². The third kappa shape index (κ3) is 2.50. The summed E-state index contributed by atoms with van der Waals surface area (Å²) in [4.78, 5) is 0. The van der Waals surface area contributed by atoms with E-state index in [0.717, 1.165) is 12.1 Å². The van der Waals surface area contributed by atoms with Crippen LogP contribution in [0, 0.1) is 17.5 Å². The van der Waals surface area contributed by atoms with E-state index >= 15 is 0 Å². The SMILES string of the molecule is CCC(Nc1cc(F)c(F)c(F)c1)c1ccco1. The topological polar surface area (TPSA) is 25.2 Å². The number of hydrogen-bond donors (Lipinski definition) is 1. The lowest BCUT2D eigenvalue weighted by Crippen LogP contribution is -2.09. The third-order valence-electron chi connectivity index (χ3n) is 2.62. The monoisotopic (exact) mass is 255 g/mol. The van der Waals surface area contributed by atoms with Crippen molar-refractivity contribution in [2.24, 2.45) is 0 Å². The van der Waals surface area contributed by atoms with Crippen LogP contribution in [0.4, 0.5) is 18.9 Å². The standard InChI is InChI=1S/C13H12F3NO/c1-2-11(12-4-3-5-18-12)17-8-6-9(14)13(16)10(15)7-8/h3-7,11,17H,2H2,1H3. The fourth-order valence-corrected chi connectivity index (χ4v) is 1.70. The fraction of sp³-hybridized carbons (Fsp3) is 0.231. The molecule has 96 valence electrons. The molecule has 1 unspecified atom stereocenters. The molecule has 0 aliphatic rings. The molecule has 1 aromatic heterocycles. The maximum Gasteiger partial charge on any atom is 0.194 e. The smallest absolute Gasteiger partial charge is 0.194 e. The molecule has 0 amide bonds. The molecule has 0 aliphatic carbocycles. The summed E-state index contributed by atoms with van der Waals surface area (Å²) in [5.41, 5.74) is 0.176. The summed E-state index contributed by atoms with van der Waals surface area (Å²) in [7, 11) is 0. The van der Waals surface area contributed by atoms with Crippen molar-refractivity contribution in [3.63, 3.8) is 0 Å². The molecule has 1 N–H and O–H groups in total. The van der Waals surface area contributed by atoms with Gasteiger partial charge in [0.15, 0.2) is 17.5 Å². The van der Waals surface area contributed by atoms with Crippen LogP contribution in [0.15, 0.2) is 34.9 Å². The molecule has 0 saturated heterocycles. The Morgan fingerprint density at radius 2 is 1.89 bits per heavy atom. The average Bonchev–Trinajstić information content (AvgIpc) is 2.86. The number of nitrogens with one attached hydrogen (secondary N) is 1. The van der Waals surface area contributed by atoms with E-state index in [0.29, 0.717) is 12.2 Å². The second-order valence-corrected chi connectivity index (χ2v) is 3.87. The van der Waals surface area contributed by atoms with Crippen LogP contribution in [0.5, 0.6) is 0 Å². The van der Waals surface area contributed by atoms with Crippen molar-refractivity contribution in [3.8, 4) is 0 Å². The predicted molar refractivity (Wildman–Crippen MR) is 61.7 cm³/mol. The molecular formula is C13H12F3NO. The normalized spacial score (nSPS) is 12.4. The van der Waals surface area contributed by atoms with Crippen LogP contribution in [0.25, 0.3) is 0 Å². The summed E-state index contributed by atoms with van der Waals surface area (Å²) in [6, 6.07) is 5.11. The van der Waals surface area contributed by atoms with Crippen LogP contribution in [0.3, 0.4) is 0 Å². The first kappa shape index (κ1) is 12.5. The minimum atomic E-state index is -1.47. The molecule has 1 aromatic carbocycles. The van der Waals surface area contributed by atoms with Crippen molar-refractivity contribution in [2.45, 2.75) is 19.4 Å². The van der Waals surface area contributed by atoms with Crippen molar-refractivity contribution in [3.05, 3.63) is 53.7 Å². The number of hydrogen-bond acceptors (Lipinski definition) is 2. The minimum Gasteiger partial charge on any atom is -0.467 e. The Morgan fingerprint density at radius 1 is 1.22 bits per heavy atom. The van der Waals surface area contributed by atoms with E-state index in [1.165, 1.54) is 6.26 Å². The Hall–Kier alpha value is -1.91. The van der Waals surface area contributed by atoms with E-state index in [9.17, 15) is 13.2 Å². The molecule has 0 radical (unpaired) electrons. The summed E-state index contributed by atoms with van der Waals surface area (Å²) in [5.74, 6) is -3.24. The molecular weight excluding hydrogens is 243 g/mol. The van der Waals surface area contributed by atoms with Gasteiger partial charge < -0.3 is 9.73 Å². The zero-order chi connectivity index (χ0) is 13.1. The molecule has 0 aliphatic heterocycles.